The molecule has 2 aliphatic rings. The summed E-state index contributed by atoms with van der Waals surface area (Å²) in [5.74, 6) is 1.33. The van der Waals surface area contributed by atoms with E-state index in [0.717, 1.165) is 36.9 Å². The molecule has 2 saturated heterocycles. The van der Waals surface area contributed by atoms with Gasteiger partial charge in [0.1, 0.15) is 12.1 Å². The Bertz CT molecular complexity index is 1210. The number of ether oxygens (including phenoxy) is 2. The molecule has 1 atom stereocenters. The highest BCUT2D eigenvalue weighted by molar-refractivity contribution is 5.96. The van der Waals surface area contributed by atoms with Gasteiger partial charge >= 0.3 is 0 Å². The predicted octanol–water partition coefficient (Wildman–Crippen LogP) is 4.25. The molecule has 0 radical (unpaired) electrons. The number of para-hydroxylation sites is 1. The van der Waals surface area contributed by atoms with Crippen LogP contribution in [0.1, 0.15) is 57.9 Å². The van der Waals surface area contributed by atoms with E-state index in [1.807, 2.05) is 53.4 Å². The van der Waals surface area contributed by atoms with Crippen LogP contribution in [-0.4, -0.2) is 80.1 Å². The zero-order chi connectivity index (χ0) is 30.1. The number of methoxy groups -OCH3 is 2. The molecule has 0 aliphatic carbocycles. The summed E-state index contributed by atoms with van der Waals surface area (Å²) in [4.78, 5) is 46.1. The van der Waals surface area contributed by atoms with Crippen molar-refractivity contribution >= 4 is 23.4 Å². The van der Waals surface area contributed by atoms with Gasteiger partial charge in [-0.3, -0.25) is 14.4 Å². The Morgan fingerprint density at radius 2 is 1.71 bits per heavy atom. The average molecular weight is 579 g/mol. The Balaban J connectivity index is 1.40. The number of benzene rings is 2. The van der Waals surface area contributed by atoms with Gasteiger partial charge in [-0.1, -0.05) is 51.0 Å². The van der Waals surface area contributed by atoms with Crippen molar-refractivity contribution in [2.75, 3.05) is 52.0 Å². The van der Waals surface area contributed by atoms with Crippen LogP contribution in [0.3, 0.4) is 0 Å². The summed E-state index contributed by atoms with van der Waals surface area (Å²) >= 11 is 0. The number of carbonyl (C=O) groups excluding carboxylic acids is 3. The third-order valence-corrected chi connectivity index (χ3v) is 8.75. The molecular weight excluding hydrogens is 532 g/mol. The lowest BCUT2D eigenvalue weighted by Crippen LogP contribution is -2.58. The zero-order valence-corrected chi connectivity index (χ0v) is 25.6. The van der Waals surface area contributed by atoms with Crippen LogP contribution in [0.15, 0.2) is 48.5 Å². The first-order valence-electron chi connectivity index (χ1n) is 15.2. The monoisotopic (exact) mass is 578 g/mol. The summed E-state index contributed by atoms with van der Waals surface area (Å²) in [7, 11) is 3.19. The van der Waals surface area contributed by atoms with E-state index < -0.39 is 5.54 Å². The Morgan fingerprint density at radius 1 is 1.00 bits per heavy atom. The first-order chi connectivity index (χ1) is 20.4. The van der Waals surface area contributed by atoms with Crippen molar-refractivity contribution in [1.82, 2.24) is 15.1 Å². The maximum atomic E-state index is 14.0. The molecule has 228 valence electrons. The van der Waals surface area contributed by atoms with Gasteiger partial charge in [0.25, 0.3) is 5.91 Å². The Kier molecular flexibility index (Phi) is 10.7. The summed E-state index contributed by atoms with van der Waals surface area (Å²) in [6.07, 6.45) is 5.60. The number of hydrogen-bond donors (Lipinski definition) is 1. The molecule has 0 aromatic heterocycles. The molecule has 1 unspecified atom stereocenters. The molecule has 4 rings (SSSR count). The number of nitrogens with one attached hydrogen (secondary N) is 1. The van der Waals surface area contributed by atoms with Crippen molar-refractivity contribution in [3.05, 3.63) is 54.1 Å². The number of rotatable bonds is 13. The Hall–Kier alpha value is -3.75. The van der Waals surface area contributed by atoms with Crippen molar-refractivity contribution in [2.24, 2.45) is 5.92 Å². The average Bonchev–Trinajstić information content (AvgIpc) is 3.28. The van der Waals surface area contributed by atoms with Crippen LogP contribution in [0, 0.1) is 5.92 Å². The normalized spacial score (nSPS) is 17.0. The largest absolute Gasteiger partial charge is 0.493 e. The summed E-state index contributed by atoms with van der Waals surface area (Å²) < 4.78 is 10.7. The smallest absolute Gasteiger partial charge is 0.250 e. The van der Waals surface area contributed by atoms with Crippen LogP contribution in [-0.2, 0) is 20.8 Å². The standard InChI is InChI=1S/C33H46N4O5/c1-5-7-11-26(6-2)31(39)35-20-17-33(18-21-35)32(40)36(24-37(33)27-12-9-8-10-13-27)23-30(38)34-19-16-25-14-15-28(41-3)29(22-25)42-4/h8-10,12-15,22,26H,5-7,11,16-21,23-24H2,1-4H3,(H,34,38). The van der Waals surface area contributed by atoms with Gasteiger partial charge in [0.05, 0.1) is 20.9 Å². The van der Waals surface area contributed by atoms with Gasteiger partial charge < -0.3 is 29.5 Å². The van der Waals surface area contributed by atoms with E-state index in [9.17, 15) is 14.4 Å². The van der Waals surface area contributed by atoms with Gasteiger partial charge in [-0.05, 0) is 61.9 Å². The zero-order valence-electron chi connectivity index (χ0n) is 25.6. The first kappa shape index (κ1) is 31.2. The second-order valence-corrected chi connectivity index (χ2v) is 11.3. The fraction of sp³-hybridized carbons (Fsp3) is 0.545. The topological polar surface area (TPSA) is 91.4 Å². The number of hydrogen-bond acceptors (Lipinski definition) is 6. The van der Waals surface area contributed by atoms with Gasteiger partial charge in [0, 0.05) is 31.2 Å². The molecule has 2 aromatic rings. The summed E-state index contributed by atoms with van der Waals surface area (Å²) in [5, 5.41) is 2.97. The maximum absolute atomic E-state index is 14.0. The van der Waals surface area contributed by atoms with E-state index in [0.29, 0.717) is 57.1 Å². The maximum Gasteiger partial charge on any atom is 0.250 e. The minimum atomic E-state index is -0.761. The molecule has 2 aromatic carbocycles. The van der Waals surface area contributed by atoms with Crippen molar-refractivity contribution < 1.29 is 23.9 Å². The molecule has 42 heavy (non-hydrogen) atoms. The van der Waals surface area contributed by atoms with Crippen molar-refractivity contribution in [2.45, 2.75) is 64.3 Å². The van der Waals surface area contributed by atoms with Gasteiger partial charge in [0.15, 0.2) is 11.5 Å². The van der Waals surface area contributed by atoms with Crippen LogP contribution < -0.4 is 19.7 Å². The molecule has 3 amide bonds. The fourth-order valence-electron chi connectivity index (χ4n) is 6.24. The van der Waals surface area contributed by atoms with Gasteiger partial charge in [-0.25, -0.2) is 0 Å². The summed E-state index contributed by atoms with van der Waals surface area (Å²) in [6.45, 7) is 6.09. The number of anilines is 1. The molecule has 9 heteroatoms. The predicted molar refractivity (Wildman–Crippen MR) is 164 cm³/mol. The molecule has 0 bridgehead atoms. The number of amides is 3. The first-order valence-corrected chi connectivity index (χ1v) is 15.2. The Morgan fingerprint density at radius 3 is 2.36 bits per heavy atom. The highest BCUT2D eigenvalue weighted by Crippen LogP contribution is 2.40. The third-order valence-electron chi connectivity index (χ3n) is 8.75. The van der Waals surface area contributed by atoms with Gasteiger partial charge in [-0.15, -0.1) is 0 Å². The minimum absolute atomic E-state index is 0.00653. The van der Waals surface area contributed by atoms with Crippen LogP contribution in [0.4, 0.5) is 5.69 Å². The number of unbranched alkanes of at least 4 members (excludes halogenated alkanes) is 1. The van der Waals surface area contributed by atoms with Crippen LogP contribution in [0.25, 0.3) is 0 Å². The second-order valence-electron chi connectivity index (χ2n) is 11.3. The molecule has 2 fully saturated rings. The molecule has 2 heterocycles. The molecule has 1 N–H and O–H groups in total. The second kappa shape index (κ2) is 14.4. The number of piperidine rings is 1. The molecule has 9 nitrogen and oxygen atoms in total. The van der Waals surface area contributed by atoms with Gasteiger partial charge in [-0.2, -0.15) is 0 Å². The van der Waals surface area contributed by atoms with E-state index in [1.54, 1.807) is 19.1 Å². The lowest BCUT2D eigenvalue weighted by atomic mass is 9.84. The summed E-state index contributed by atoms with van der Waals surface area (Å²) in [6, 6.07) is 15.6. The van der Waals surface area contributed by atoms with Crippen LogP contribution in [0.2, 0.25) is 0 Å². The lowest BCUT2D eigenvalue weighted by Gasteiger charge is -2.44. The number of nitrogens with zero attached hydrogens (tertiary/aromatic N) is 3. The third kappa shape index (κ3) is 6.82. The fourth-order valence-corrected chi connectivity index (χ4v) is 6.24. The SMILES string of the molecule is CCCCC(CC)C(=O)N1CCC2(CC1)C(=O)N(CC(=O)NCCc1ccc(OC)c(OC)c1)CN2c1ccccc1. The number of likely N-dealkylation sites (tertiary alicyclic amines) is 1. The van der Waals surface area contributed by atoms with E-state index in [4.69, 9.17) is 9.47 Å². The molecular formula is C33H46N4O5. The van der Waals surface area contributed by atoms with Gasteiger partial charge in [0.2, 0.25) is 11.8 Å². The molecule has 1 spiro atoms. The van der Waals surface area contributed by atoms with E-state index in [-0.39, 0.29) is 30.2 Å². The van der Waals surface area contributed by atoms with E-state index in [2.05, 4.69) is 24.1 Å². The number of carbonyl (C=O) groups is 3. The quantitative estimate of drug-likeness (QED) is 0.382. The van der Waals surface area contributed by atoms with E-state index >= 15 is 0 Å². The highest BCUT2D eigenvalue weighted by atomic mass is 16.5. The molecule has 0 saturated carbocycles. The van der Waals surface area contributed by atoms with Crippen molar-refractivity contribution in [1.29, 1.82) is 0 Å². The highest BCUT2D eigenvalue weighted by Gasteiger charge is 2.54. The van der Waals surface area contributed by atoms with E-state index in [1.165, 1.54) is 0 Å². The Labute approximate surface area is 250 Å². The summed E-state index contributed by atoms with van der Waals surface area (Å²) in [5.41, 5.74) is 1.21. The lowest BCUT2D eigenvalue weighted by molar-refractivity contribution is -0.142. The van der Waals surface area contributed by atoms with Crippen LogP contribution in [0.5, 0.6) is 11.5 Å². The van der Waals surface area contributed by atoms with Crippen molar-refractivity contribution in [3.63, 3.8) is 0 Å². The molecule has 2 aliphatic heterocycles. The van der Waals surface area contributed by atoms with Crippen LogP contribution >= 0.6 is 0 Å². The minimum Gasteiger partial charge on any atom is -0.493 e. The van der Waals surface area contributed by atoms with Crippen molar-refractivity contribution in [3.8, 4) is 11.5 Å².